The Morgan fingerprint density at radius 3 is 2.61 bits per heavy atom. The van der Waals surface area contributed by atoms with Crippen molar-refractivity contribution in [1.82, 2.24) is 9.88 Å². The lowest BCUT2D eigenvalue weighted by atomic mass is 10.3. The van der Waals surface area contributed by atoms with Crippen LogP contribution in [0.25, 0.3) is 10.2 Å². The van der Waals surface area contributed by atoms with Gasteiger partial charge in [-0.1, -0.05) is 30.3 Å². The van der Waals surface area contributed by atoms with Gasteiger partial charge in [0.25, 0.3) is 5.91 Å². The fraction of sp³-hybridized carbons (Fsp3) is 0.222. The van der Waals surface area contributed by atoms with Gasteiger partial charge in [-0.15, -0.1) is 11.3 Å². The molecule has 0 saturated heterocycles. The van der Waals surface area contributed by atoms with Crippen molar-refractivity contribution in [1.29, 1.82) is 0 Å². The molecule has 0 bridgehead atoms. The van der Waals surface area contributed by atoms with Gasteiger partial charge >= 0.3 is 0 Å². The van der Waals surface area contributed by atoms with E-state index in [1.807, 2.05) is 61.5 Å². The van der Waals surface area contributed by atoms with Crippen molar-refractivity contribution in [3.05, 3.63) is 59.6 Å². The second kappa shape index (κ2) is 6.79. The van der Waals surface area contributed by atoms with E-state index >= 15 is 0 Å². The average Bonchev–Trinajstić information content (AvgIpc) is 3.03. The fourth-order valence-electron chi connectivity index (χ4n) is 2.21. The second-order valence-electron chi connectivity index (χ2n) is 5.30. The highest BCUT2D eigenvalue weighted by molar-refractivity contribution is 7.18. The third-order valence-electron chi connectivity index (χ3n) is 3.75. The van der Waals surface area contributed by atoms with Crippen LogP contribution in [-0.4, -0.2) is 29.4 Å². The lowest BCUT2D eigenvalue weighted by Crippen LogP contribution is -2.33. The molecular weight excluding hydrogens is 308 g/mol. The molecule has 0 saturated carbocycles. The molecule has 0 N–H and O–H groups in total. The molecule has 3 rings (SSSR count). The largest absolute Gasteiger partial charge is 0.484 e. The maximum Gasteiger partial charge on any atom is 0.260 e. The van der Waals surface area contributed by atoms with Gasteiger partial charge in [-0.2, -0.15) is 0 Å². The van der Waals surface area contributed by atoms with Crippen molar-refractivity contribution < 1.29 is 9.53 Å². The highest BCUT2D eigenvalue weighted by Gasteiger charge is 2.21. The number of hydrogen-bond donors (Lipinski definition) is 0. The minimum atomic E-state index is -0.0840. The fourth-order valence-corrected chi connectivity index (χ4v) is 3.28. The van der Waals surface area contributed by atoms with E-state index in [4.69, 9.17) is 4.74 Å². The summed E-state index contributed by atoms with van der Waals surface area (Å²) in [6.07, 6.45) is 0. The minimum Gasteiger partial charge on any atom is -0.484 e. The van der Waals surface area contributed by atoms with Gasteiger partial charge in [0.05, 0.1) is 16.3 Å². The summed E-state index contributed by atoms with van der Waals surface area (Å²) in [6, 6.07) is 17.3. The lowest BCUT2D eigenvalue weighted by Gasteiger charge is -2.23. The number of likely N-dealkylation sites (N-methyl/N-ethyl adjacent to an activating group) is 1. The Morgan fingerprint density at radius 2 is 1.87 bits per heavy atom. The number of carbonyl (C=O) groups excluding carboxylic acids is 1. The predicted octanol–water partition coefficient (Wildman–Crippen LogP) is 3.89. The Labute approximate surface area is 139 Å². The van der Waals surface area contributed by atoms with Crippen molar-refractivity contribution in [2.45, 2.75) is 13.0 Å². The standard InChI is InChI=1S/C18H18N2O2S/c1-13(18-19-15-10-6-7-11-16(15)23-18)20(2)17(21)12-22-14-8-4-3-5-9-14/h3-11,13H,12H2,1-2H3/t13-/m0/s1. The van der Waals surface area contributed by atoms with Crippen LogP contribution in [0.2, 0.25) is 0 Å². The minimum absolute atomic E-state index is 0.0236. The number of nitrogens with zero attached hydrogens (tertiary/aromatic N) is 2. The number of rotatable bonds is 5. The molecule has 5 heteroatoms. The topological polar surface area (TPSA) is 42.4 Å². The molecule has 0 unspecified atom stereocenters. The first-order valence-electron chi connectivity index (χ1n) is 7.44. The van der Waals surface area contributed by atoms with Crippen LogP contribution in [0.1, 0.15) is 18.0 Å². The molecule has 3 aromatic rings. The SMILES string of the molecule is C[C@@H](c1nc2ccccc2s1)N(C)C(=O)COc1ccccc1. The zero-order chi connectivity index (χ0) is 16.2. The highest BCUT2D eigenvalue weighted by atomic mass is 32.1. The van der Waals surface area contributed by atoms with E-state index in [0.717, 1.165) is 15.2 Å². The van der Waals surface area contributed by atoms with Crippen LogP contribution in [-0.2, 0) is 4.79 Å². The maximum atomic E-state index is 12.3. The Morgan fingerprint density at radius 1 is 1.17 bits per heavy atom. The number of carbonyl (C=O) groups is 1. The third-order valence-corrected chi connectivity index (χ3v) is 4.95. The summed E-state index contributed by atoms with van der Waals surface area (Å²) in [6.45, 7) is 2.01. The lowest BCUT2D eigenvalue weighted by molar-refractivity contribution is -0.134. The summed E-state index contributed by atoms with van der Waals surface area (Å²) >= 11 is 1.62. The van der Waals surface area contributed by atoms with Crippen LogP contribution < -0.4 is 4.74 Å². The molecule has 1 amide bonds. The number of benzene rings is 2. The van der Waals surface area contributed by atoms with Gasteiger partial charge in [0.15, 0.2) is 6.61 Å². The van der Waals surface area contributed by atoms with Crippen molar-refractivity contribution in [2.75, 3.05) is 13.7 Å². The van der Waals surface area contributed by atoms with Crippen LogP contribution >= 0.6 is 11.3 Å². The Balaban J connectivity index is 1.66. The molecule has 1 atom stereocenters. The predicted molar refractivity (Wildman–Crippen MR) is 92.7 cm³/mol. The van der Waals surface area contributed by atoms with E-state index in [1.54, 1.807) is 23.3 Å². The van der Waals surface area contributed by atoms with Gasteiger partial charge in [0, 0.05) is 7.05 Å². The molecule has 2 aromatic carbocycles. The monoisotopic (exact) mass is 326 g/mol. The van der Waals surface area contributed by atoms with E-state index in [0.29, 0.717) is 5.75 Å². The average molecular weight is 326 g/mol. The molecule has 118 valence electrons. The normalized spacial score (nSPS) is 12.1. The second-order valence-corrected chi connectivity index (χ2v) is 6.36. The van der Waals surface area contributed by atoms with Gasteiger partial charge in [-0.3, -0.25) is 4.79 Å². The van der Waals surface area contributed by atoms with Gasteiger partial charge in [-0.05, 0) is 31.2 Å². The van der Waals surface area contributed by atoms with Crippen molar-refractivity contribution in [3.8, 4) is 5.75 Å². The summed E-state index contributed by atoms with van der Waals surface area (Å²) in [5, 5.41) is 0.932. The molecule has 4 nitrogen and oxygen atoms in total. The van der Waals surface area contributed by atoms with Crippen LogP contribution in [0.5, 0.6) is 5.75 Å². The summed E-state index contributed by atoms with van der Waals surface area (Å²) in [7, 11) is 1.79. The van der Waals surface area contributed by atoms with E-state index in [9.17, 15) is 4.79 Å². The molecule has 0 spiro atoms. The zero-order valence-electron chi connectivity index (χ0n) is 13.1. The number of aromatic nitrogens is 1. The first kappa shape index (κ1) is 15.5. The Bertz CT molecular complexity index is 768. The Hall–Kier alpha value is -2.40. The van der Waals surface area contributed by atoms with Crippen molar-refractivity contribution in [3.63, 3.8) is 0 Å². The summed E-state index contributed by atoms with van der Waals surface area (Å²) in [4.78, 5) is 18.6. The number of fused-ring (bicyclic) bond motifs is 1. The Kier molecular flexibility index (Phi) is 4.57. The molecule has 0 radical (unpaired) electrons. The number of hydrogen-bond acceptors (Lipinski definition) is 4. The number of amides is 1. The molecular formula is C18H18N2O2S. The van der Waals surface area contributed by atoms with Crippen LogP contribution in [0.3, 0.4) is 0 Å². The number of thiazole rings is 1. The van der Waals surface area contributed by atoms with Crippen LogP contribution in [0.4, 0.5) is 0 Å². The molecule has 1 heterocycles. The van der Waals surface area contributed by atoms with Crippen LogP contribution in [0.15, 0.2) is 54.6 Å². The van der Waals surface area contributed by atoms with Gasteiger partial charge < -0.3 is 9.64 Å². The molecule has 1 aromatic heterocycles. The number of para-hydroxylation sites is 2. The zero-order valence-corrected chi connectivity index (χ0v) is 13.9. The van der Waals surface area contributed by atoms with E-state index in [1.165, 1.54) is 0 Å². The van der Waals surface area contributed by atoms with Crippen LogP contribution in [0, 0.1) is 0 Å². The first-order chi connectivity index (χ1) is 11.1. The number of ether oxygens (including phenoxy) is 1. The van der Waals surface area contributed by atoms with Crippen molar-refractivity contribution in [2.24, 2.45) is 0 Å². The summed E-state index contributed by atoms with van der Waals surface area (Å²) in [5.41, 5.74) is 0.973. The van der Waals surface area contributed by atoms with Gasteiger partial charge in [-0.25, -0.2) is 4.98 Å². The van der Waals surface area contributed by atoms with Gasteiger partial charge in [0.1, 0.15) is 10.8 Å². The summed E-state index contributed by atoms with van der Waals surface area (Å²) in [5.74, 6) is 0.627. The molecule has 23 heavy (non-hydrogen) atoms. The van der Waals surface area contributed by atoms with Gasteiger partial charge in [0.2, 0.25) is 0 Å². The van der Waals surface area contributed by atoms with Crippen molar-refractivity contribution >= 4 is 27.5 Å². The van der Waals surface area contributed by atoms with E-state index in [-0.39, 0.29) is 18.6 Å². The van der Waals surface area contributed by atoms with E-state index in [2.05, 4.69) is 4.98 Å². The molecule has 0 aliphatic rings. The smallest absolute Gasteiger partial charge is 0.260 e. The first-order valence-corrected chi connectivity index (χ1v) is 8.26. The molecule has 0 aliphatic carbocycles. The quantitative estimate of drug-likeness (QED) is 0.714. The summed E-state index contributed by atoms with van der Waals surface area (Å²) < 4.78 is 6.66. The maximum absolute atomic E-state index is 12.3. The molecule has 0 aliphatic heterocycles. The molecule has 0 fully saturated rings. The van der Waals surface area contributed by atoms with E-state index < -0.39 is 0 Å². The highest BCUT2D eigenvalue weighted by Crippen LogP contribution is 2.28. The third kappa shape index (κ3) is 3.51.